The summed E-state index contributed by atoms with van der Waals surface area (Å²) >= 11 is 0. The molecular formula is C27H24F3N3O2. The summed E-state index contributed by atoms with van der Waals surface area (Å²) in [4.78, 5) is 8.30. The van der Waals surface area contributed by atoms with Gasteiger partial charge < -0.3 is 15.6 Å². The Bertz CT molecular complexity index is 1290. The zero-order chi connectivity index (χ0) is 25.1. The number of nitrogens with two attached hydrogens (primary N) is 1. The highest BCUT2D eigenvalue weighted by Gasteiger charge is 2.35. The lowest BCUT2D eigenvalue weighted by Crippen LogP contribution is -2.38. The summed E-state index contributed by atoms with van der Waals surface area (Å²) < 4.78 is 47.2. The Morgan fingerprint density at radius 2 is 1.54 bits per heavy atom. The molecule has 0 saturated carbocycles. The fraction of sp³-hybridized carbons (Fsp3) is 0.185. The third-order valence-corrected chi connectivity index (χ3v) is 5.53. The van der Waals surface area contributed by atoms with Crippen LogP contribution in [-0.4, -0.2) is 21.7 Å². The molecule has 8 heteroatoms. The summed E-state index contributed by atoms with van der Waals surface area (Å²) in [5.41, 5.74) is 7.13. The van der Waals surface area contributed by atoms with Crippen LogP contribution in [0.2, 0.25) is 0 Å². The SMILES string of the molecule is C[C@](N)(CO)c1nccc(-c2ccc(OCc3ccc(-c4ccccc4)cc3)c(C(F)(F)F)c2)n1. The van der Waals surface area contributed by atoms with Gasteiger partial charge in [0.15, 0.2) is 5.82 Å². The molecule has 0 aliphatic rings. The van der Waals surface area contributed by atoms with Gasteiger partial charge in [-0.25, -0.2) is 9.97 Å². The molecule has 0 amide bonds. The van der Waals surface area contributed by atoms with E-state index in [0.29, 0.717) is 0 Å². The van der Waals surface area contributed by atoms with Crippen molar-refractivity contribution in [3.63, 3.8) is 0 Å². The fourth-order valence-electron chi connectivity index (χ4n) is 3.49. The summed E-state index contributed by atoms with van der Waals surface area (Å²) in [5, 5.41) is 9.45. The number of aliphatic hydroxyl groups excluding tert-OH is 1. The lowest BCUT2D eigenvalue weighted by atomic mass is 10.0. The van der Waals surface area contributed by atoms with Crippen LogP contribution in [0.15, 0.2) is 85.1 Å². The molecule has 0 spiro atoms. The first-order chi connectivity index (χ1) is 16.7. The smallest absolute Gasteiger partial charge is 0.419 e. The van der Waals surface area contributed by atoms with E-state index in [-0.39, 0.29) is 29.4 Å². The molecule has 0 saturated heterocycles. The lowest BCUT2D eigenvalue weighted by molar-refractivity contribution is -0.139. The number of ether oxygens (including phenoxy) is 1. The van der Waals surface area contributed by atoms with E-state index in [2.05, 4.69) is 9.97 Å². The molecule has 0 bridgehead atoms. The first-order valence-electron chi connectivity index (χ1n) is 10.9. The molecule has 35 heavy (non-hydrogen) atoms. The van der Waals surface area contributed by atoms with E-state index in [1.807, 2.05) is 54.6 Å². The Kier molecular flexibility index (Phi) is 6.86. The number of rotatable bonds is 7. The normalized spacial score (nSPS) is 13.3. The predicted octanol–water partition coefficient (Wildman–Crippen LogP) is 5.57. The van der Waals surface area contributed by atoms with Crippen molar-refractivity contribution in [3.05, 3.63) is 102 Å². The highest BCUT2D eigenvalue weighted by Crippen LogP contribution is 2.39. The Morgan fingerprint density at radius 3 is 2.20 bits per heavy atom. The van der Waals surface area contributed by atoms with Crippen molar-refractivity contribution < 1.29 is 23.0 Å². The van der Waals surface area contributed by atoms with E-state index in [1.54, 1.807) is 0 Å². The van der Waals surface area contributed by atoms with Gasteiger partial charge in [-0.15, -0.1) is 0 Å². The molecule has 3 N–H and O–H groups in total. The van der Waals surface area contributed by atoms with Crippen LogP contribution in [-0.2, 0) is 18.3 Å². The number of hydrogen-bond donors (Lipinski definition) is 2. The number of halogens is 3. The van der Waals surface area contributed by atoms with Gasteiger partial charge in [0.2, 0.25) is 0 Å². The molecule has 5 nitrogen and oxygen atoms in total. The van der Waals surface area contributed by atoms with E-state index in [0.717, 1.165) is 22.8 Å². The van der Waals surface area contributed by atoms with Crippen LogP contribution < -0.4 is 10.5 Å². The molecule has 1 atom stereocenters. The van der Waals surface area contributed by atoms with Gasteiger partial charge in [0.25, 0.3) is 0 Å². The number of nitrogens with zero attached hydrogens (tertiary/aromatic N) is 2. The second-order valence-electron chi connectivity index (χ2n) is 8.40. The van der Waals surface area contributed by atoms with Crippen LogP contribution in [0.1, 0.15) is 23.9 Å². The Morgan fingerprint density at radius 1 is 0.886 bits per heavy atom. The second kappa shape index (κ2) is 9.85. The maximum absolute atomic E-state index is 13.9. The first-order valence-corrected chi connectivity index (χ1v) is 10.9. The van der Waals surface area contributed by atoms with E-state index < -0.39 is 23.9 Å². The first kappa shape index (κ1) is 24.4. The molecule has 0 radical (unpaired) electrons. The summed E-state index contributed by atoms with van der Waals surface area (Å²) in [5.74, 6) is -0.146. The molecule has 0 unspecified atom stereocenters. The standard InChI is InChI=1S/C27H24F3N3O2/c1-26(31,17-34)25-32-14-13-23(33-25)21-11-12-24(22(15-21)27(28,29)30)35-16-18-7-9-20(10-8-18)19-5-3-2-4-6-19/h2-15,34H,16-17,31H2,1H3/t26-/m0/s1. The largest absolute Gasteiger partial charge is 0.488 e. The maximum Gasteiger partial charge on any atom is 0.419 e. The lowest BCUT2D eigenvalue weighted by Gasteiger charge is -2.20. The van der Waals surface area contributed by atoms with E-state index in [9.17, 15) is 18.3 Å². The molecule has 1 heterocycles. The fourth-order valence-corrected chi connectivity index (χ4v) is 3.49. The predicted molar refractivity (Wildman–Crippen MR) is 127 cm³/mol. The van der Waals surface area contributed by atoms with Crippen LogP contribution in [0.5, 0.6) is 5.75 Å². The summed E-state index contributed by atoms with van der Waals surface area (Å²) in [7, 11) is 0. The number of aliphatic hydroxyl groups is 1. The van der Waals surface area contributed by atoms with Crippen molar-refractivity contribution in [3.8, 4) is 28.1 Å². The zero-order valence-corrected chi connectivity index (χ0v) is 19.0. The van der Waals surface area contributed by atoms with Gasteiger partial charge in [-0.05, 0) is 47.9 Å². The number of aromatic nitrogens is 2. The van der Waals surface area contributed by atoms with Gasteiger partial charge in [0.1, 0.15) is 12.4 Å². The molecule has 180 valence electrons. The number of benzene rings is 3. The summed E-state index contributed by atoms with van der Waals surface area (Å²) in [6.45, 7) is 1.11. The van der Waals surface area contributed by atoms with Crippen LogP contribution in [0.4, 0.5) is 13.2 Å². The summed E-state index contributed by atoms with van der Waals surface area (Å²) in [6, 6.07) is 22.5. The van der Waals surface area contributed by atoms with Crippen molar-refractivity contribution in [2.45, 2.75) is 25.2 Å². The van der Waals surface area contributed by atoms with Gasteiger partial charge in [0.05, 0.1) is 23.4 Å². The molecule has 4 rings (SSSR count). The summed E-state index contributed by atoms with van der Waals surface area (Å²) in [6.07, 6.45) is -3.24. The molecule has 4 aromatic rings. The van der Waals surface area contributed by atoms with Crippen molar-refractivity contribution in [1.82, 2.24) is 9.97 Å². The van der Waals surface area contributed by atoms with Crippen molar-refractivity contribution >= 4 is 0 Å². The average Bonchev–Trinajstić information content (AvgIpc) is 2.88. The third kappa shape index (κ3) is 5.67. The molecular weight excluding hydrogens is 455 g/mol. The average molecular weight is 480 g/mol. The topological polar surface area (TPSA) is 81.3 Å². The minimum absolute atomic E-state index is 0.0167. The van der Waals surface area contributed by atoms with Crippen molar-refractivity contribution in [2.75, 3.05) is 6.61 Å². The zero-order valence-electron chi connectivity index (χ0n) is 19.0. The molecule has 0 fully saturated rings. The second-order valence-corrected chi connectivity index (χ2v) is 8.40. The number of alkyl halides is 3. The third-order valence-electron chi connectivity index (χ3n) is 5.53. The van der Waals surface area contributed by atoms with Gasteiger partial charge in [0, 0.05) is 11.8 Å². The van der Waals surface area contributed by atoms with Crippen LogP contribution in [0.25, 0.3) is 22.4 Å². The van der Waals surface area contributed by atoms with Crippen LogP contribution in [0.3, 0.4) is 0 Å². The van der Waals surface area contributed by atoms with Gasteiger partial charge >= 0.3 is 6.18 Å². The van der Waals surface area contributed by atoms with Crippen molar-refractivity contribution in [1.29, 1.82) is 0 Å². The Labute approximate surface area is 201 Å². The van der Waals surface area contributed by atoms with E-state index in [4.69, 9.17) is 10.5 Å². The monoisotopic (exact) mass is 479 g/mol. The molecule has 3 aromatic carbocycles. The van der Waals surface area contributed by atoms with E-state index >= 15 is 0 Å². The minimum atomic E-state index is -4.63. The number of hydrogen-bond acceptors (Lipinski definition) is 5. The Hall–Kier alpha value is -3.75. The van der Waals surface area contributed by atoms with E-state index in [1.165, 1.54) is 31.3 Å². The van der Waals surface area contributed by atoms with Gasteiger partial charge in [-0.3, -0.25) is 0 Å². The highest BCUT2D eigenvalue weighted by molar-refractivity contribution is 5.64. The van der Waals surface area contributed by atoms with Crippen LogP contribution >= 0.6 is 0 Å². The molecule has 0 aliphatic carbocycles. The van der Waals surface area contributed by atoms with Gasteiger partial charge in [-0.1, -0.05) is 54.6 Å². The van der Waals surface area contributed by atoms with Gasteiger partial charge in [-0.2, -0.15) is 13.2 Å². The van der Waals surface area contributed by atoms with Crippen molar-refractivity contribution in [2.24, 2.45) is 5.73 Å². The molecule has 1 aromatic heterocycles. The maximum atomic E-state index is 13.9. The van der Waals surface area contributed by atoms with Crippen LogP contribution in [0, 0.1) is 0 Å². The quantitative estimate of drug-likeness (QED) is 0.362. The minimum Gasteiger partial charge on any atom is -0.488 e. The molecule has 0 aliphatic heterocycles. The Balaban J connectivity index is 1.57. The highest BCUT2D eigenvalue weighted by atomic mass is 19.4.